The van der Waals surface area contributed by atoms with Gasteiger partial charge in [0, 0.05) is 48.4 Å². The number of nitrogens with two attached hydrogens (primary N) is 1. The molecule has 0 aliphatic carbocycles. The quantitative estimate of drug-likeness (QED) is 0.740. The van der Waals surface area contributed by atoms with Crippen LogP contribution in [0.2, 0.25) is 0 Å². The van der Waals surface area contributed by atoms with Crippen molar-refractivity contribution in [3.05, 3.63) is 42.4 Å². The van der Waals surface area contributed by atoms with Crippen LogP contribution in [0.3, 0.4) is 0 Å². The van der Waals surface area contributed by atoms with E-state index in [0.29, 0.717) is 17.9 Å². The molecule has 0 amide bonds. The average Bonchev–Trinajstić information content (AvgIpc) is 3.02. The number of nitrogens with zero attached hydrogens (tertiary/aromatic N) is 3. The predicted molar refractivity (Wildman–Crippen MR) is 103 cm³/mol. The number of anilines is 1. The second-order valence-corrected chi connectivity index (χ2v) is 7.49. The predicted octanol–water partition coefficient (Wildman–Crippen LogP) is 2.19. The molecular formula is C20H23N5O2. The van der Waals surface area contributed by atoms with Crippen LogP contribution < -0.4 is 15.8 Å². The summed E-state index contributed by atoms with van der Waals surface area (Å²) in [5.41, 5.74) is 9.85. The fraction of sp³-hybridized carbons (Fsp3) is 0.400. The number of hydrogen-bond acceptors (Lipinski definition) is 6. The van der Waals surface area contributed by atoms with Gasteiger partial charge in [0.05, 0.1) is 24.9 Å². The van der Waals surface area contributed by atoms with Gasteiger partial charge in [0.25, 0.3) is 0 Å². The van der Waals surface area contributed by atoms with Crippen LogP contribution in [0.4, 0.5) is 5.82 Å². The third-order valence-electron chi connectivity index (χ3n) is 5.30. The molecule has 7 heteroatoms. The topological polar surface area (TPSA) is 86.7 Å². The largest absolute Gasteiger partial charge is 0.488 e. The van der Waals surface area contributed by atoms with Crippen molar-refractivity contribution in [3.8, 4) is 16.9 Å². The van der Waals surface area contributed by atoms with Crippen LogP contribution in [-0.4, -0.2) is 46.0 Å². The lowest BCUT2D eigenvalue weighted by Crippen LogP contribution is -2.56. The van der Waals surface area contributed by atoms with Gasteiger partial charge in [0.15, 0.2) is 0 Å². The van der Waals surface area contributed by atoms with E-state index < -0.39 is 0 Å². The molecule has 27 heavy (non-hydrogen) atoms. The van der Waals surface area contributed by atoms with Crippen LogP contribution in [0.1, 0.15) is 18.5 Å². The van der Waals surface area contributed by atoms with Crippen molar-refractivity contribution in [2.24, 2.45) is 0 Å². The molecular weight excluding hydrogens is 342 g/mol. The molecule has 140 valence electrons. The normalized spacial score (nSPS) is 24.9. The van der Waals surface area contributed by atoms with Gasteiger partial charge in [-0.25, -0.2) is 4.52 Å². The van der Waals surface area contributed by atoms with Gasteiger partial charge >= 0.3 is 0 Å². The third kappa shape index (κ3) is 3.24. The summed E-state index contributed by atoms with van der Waals surface area (Å²) in [7, 11) is 0. The summed E-state index contributed by atoms with van der Waals surface area (Å²) in [6.45, 7) is 3.51. The van der Waals surface area contributed by atoms with E-state index in [1.807, 2.05) is 31.5 Å². The average molecular weight is 365 g/mol. The van der Waals surface area contributed by atoms with Crippen molar-refractivity contribution in [2.45, 2.75) is 38.0 Å². The fourth-order valence-electron chi connectivity index (χ4n) is 4.11. The maximum Gasteiger partial charge on any atom is 0.146 e. The second-order valence-electron chi connectivity index (χ2n) is 7.49. The van der Waals surface area contributed by atoms with E-state index in [9.17, 15) is 0 Å². The number of hydrogen-bond donors (Lipinski definition) is 2. The monoisotopic (exact) mass is 365 g/mol. The highest BCUT2D eigenvalue weighted by molar-refractivity contribution is 5.74. The molecule has 2 fully saturated rings. The molecule has 0 aromatic carbocycles. The van der Waals surface area contributed by atoms with Gasteiger partial charge in [-0.15, -0.1) is 0 Å². The maximum absolute atomic E-state index is 6.44. The van der Waals surface area contributed by atoms with Gasteiger partial charge in [-0.05, 0) is 30.7 Å². The highest BCUT2D eigenvalue weighted by Gasteiger charge is 2.33. The number of morpholine rings is 1. The first kappa shape index (κ1) is 16.5. The van der Waals surface area contributed by atoms with Gasteiger partial charge in [-0.1, -0.05) is 0 Å². The minimum Gasteiger partial charge on any atom is -0.488 e. The molecule has 0 unspecified atom stereocenters. The van der Waals surface area contributed by atoms with E-state index in [0.717, 1.165) is 54.1 Å². The Labute approximate surface area is 157 Å². The van der Waals surface area contributed by atoms with Crippen molar-refractivity contribution < 1.29 is 9.47 Å². The summed E-state index contributed by atoms with van der Waals surface area (Å²) in [6.07, 6.45) is 5.83. The van der Waals surface area contributed by atoms with Crippen LogP contribution in [0.15, 0.2) is 36.7 Å². The lowest BCUT2D eigenvalue weighted by atomic mass is 9.94. The van der Waals surface area contributed by atoms with Gasteiger partial charge in [0.2, 0.25) is 0 Å². The first-order valence-corrected chi connectivity index (χ1v) is 9.36. The van der Waals surface area contributed by atoms with E-state index in [-0.39, 0.29) is 6.10 Å². The zero-order chi connectivity index (χ0) is 18.4. The Bertz CT molecular complexity index is 974. The van der Waals surface area contributed by atoms with Crippen molar-refractivity contribution >= 4 is 11.3 Å². The zero-order valence-electron chi connectivity index (χ0n) is 15.3. The van der Waals surface area contributed by atoms with Crippen molar-refractivity contribution in [2.75, 3.05) is 18.9 Å². The van der Waals surface area contributed by atoms with Gasteiger partial charge in [0.1, 0.15) is 17.7 Å². The fourth-order valence-corrected chi connectivity index (χ4v) is 4.11. The molecule has 5 rings (SSSR count). The number of nitrogen functional groups attached to an aromatic ring is 1. The lowest BCUT2D eigenvalue weighted by Gasteiger charge is -2.40. The number of aryl methyl sites for hydroxylation is 1. The van der Waals surface area contributed by atoms with E-state index >= 15 is 0 Å². The molecule has 0 spiro atoms. The first-order valence-electron chi connectivity index (χ1n) is 9.36. The Hall–Kier alpha value is -2.64. The highest BCUT2D eigenvalue weighted by atomic mass is 16.5. The summed E-state index contributed by atoms with van der Waals surface area (Å²) in [6, 6.07) is 8.80. The summed E-state index contributed by atoms with van der Waals surface area (Å²) >= 11 is 0. The number of pyridine rings is 2. The lowest BCUT2D eigenvalue weighted by molar-refractivity contribution is -0.0122. The molecule has 3 atom stereocenters. The van der Waals surface area contributed by atoms with E-state index in [4.69, 9.17) is 15.2 Å². The number of piperidine rings is 1. The molecule has 2 saturated heterocycles. The Morgan fingerprint density at radius 1 is 1.22 bits per heavy atom. The minimum atomic E-state index is 0.169. The minimum absolute atomic E-state index is 0.169. The Morgan fingerprint density at radius 2 is 2.04 bits per heavy atom. The van der Waals surface area contributed by atoms with E-state index in [1.165, 1.54) is 0 Å². The van der Waals surface area contributed by atoms with Crippen molar-refractivity contribution in [1.82, 2.24) is 19.9 Å². The molecule has 5 heterocycles. The molecule has 2 bridgehead atoms. The number of nitrogens with one attached hydrogen (secondary N) is 1. The van der Waals surface area contributed by atoms with Gasteiger partial charge < -0.3 is 20.5 Å². The Kier molecular flexibility index (Phi) is 3.98. The van der Waals surface area contributed by atoms with Crippen LogP contribution in [-0.2, 0) is 4.74 Å². The van der Waals surface area contributed by atoms with Crippen molar-refractivity contribution in [3.63, 3.8) is 0 Å². The Balaban J connectivity index is 1.47. The van der Waals surface area contributed by atoms with Gasteiger partial charge in [-0.2, -0.15) is 5.10 Å². The number of fused-ring (bicyclic) bond motifs is 3. The first-order chi connectivity index (χ1) is 13.1. The molecule has 0 saturated carbocycles. The van der Waals surface area contributed by atoms with Gasteiger partial charge in [-0.3, -0.25) is 4.98 Å². The third-order valence-corrected chi connectivity index (χ3v) is 5.30. The second kappa shape index (κ2) is 6.51. The summed E-state index contributed by atoms with van der Waals surface area (Å²) in [5.74, 6) is 1.33. The Morgan fingerprint density at radius 3 is 2.85 bits per heavy atom. The number of rotatable bonds is 3. The highest BCUT2D eigenvalue weighted by Crippen LogP contribution is 2.33. The molecule has 0 radical (unpaired) electrons. The standard InChI is InChI=1S/C20H23N5O2/c1-12-4-18(13-2-3-25-16(5-13)8-20(21)24-25)19(9-22-12)27-17-6-14-10-26-11-15(7-17)23-14/h2-5,8-9,14-15,17,23H,6-7,10-11H2,1H3,(H2,21,24)/t14-,15+,17-. The molecule has 3 aromatic rings. The zero-order valence-corrected chi connectivity index (χ0v) is 15.3. The van der Waals surface area contributed by atoms with Crippen LogP contribution in [0.5, 0.6) is 5.75 Å². The molecule has 3 aromatic heterocycles. The number of aromatic nitrogens is 3. The van der Waals surface area contributed by atoms with E-state index in [1.54, 1.807) is 4.52 Å². The van der Waals surface area contributed by atoms with Crippen LogP contribution in [0, 0.1) is 6.92 Å². The van der Waals surface area contributed by atoms with Crippen LogP contribution in [0.25, 0.3) is 16.6 Å². The van der Waals surface area contributed by atoms with Crippen LogP contribution >= 0.6 is 0 Å². The number of ether oxygens (including phenoxy) is 2. The smallest absolute Gasteiger partial charge is 0.146 e. The summed E-state index contributed by atoms with van der Waals surface area (Å²) in [5, 5.41) is 7.85. The molecule has 2 aliphatic rings. The SMILES string of the molecule is Cc1cc(-c2ccn3nc(N)cc3c2)c(O[C@H]2C[C@H]3COC[C@@H](C2)N3)cn1. The molecule has 3 N–H and O–H groups in total. The van der Waals surface area contributed by atoms with Crippen molar-refractivity contribution in [1.29, 1.82) is 0 Å². The molecule has 2 aliphatic heterocycles. The summed E-state index contributed by atoms with van der Waals surface area (Å²) in [4.78, 5) is 4.47. The molecule has 7 nitrogen and oxygen atoms in total. The van der Waals surface area contributed by atoms with E-state index in [2.05, 4.69) is 27.5 Å². The summed E-state index contributed by atoms with van der Waals surface area (Å²) < 4.78 is 13.9. The maximum atomic E-state index is 6.44.